The van der Waals surface area contributed by atoms with Gasteiger partial charge in [-0.2, -0.15) is 0 Å². The number of hydrogen-bond donors (Lipinski definition) is 1. The highest BCUT2D eigenvalue weighted by atomic mass is 32.2. The monoisotopic (exact) mass is 298 g/mol. The van der Waals surface area contributed by atoms with Crippen LogP contribution in [0.3, 0.4) is 0 Å². The predicted octanol–water partition coefficient (Wildman–Crippen LogP) is 1.40. The minimum Gasteiger partial charge on any atom is -0.367 e. The second-order valence-electron chi connectivity index (χ2n) is 5.41. The average Bonchev–Trinajstić information content (AvgIpc) is 2.34. The molecule has 6 heteroatoms. The molecule has 0 aromatic heterocycles. The molecule has 0 aliphatic heterocycles. The summed E-state index contributed by atoms with van der Waals surface area (Å²) in [6.07, 6.45) is 1.20. The first-order valence-electron chi connectivity index (χ1n) is 6.41. The van der Waals surface area contributed by atoms with Gasteiger partial charge in [0.25, 0.3) is 5.91 Å². The molecular formula is C14H22N2O3S. The van der Waals surface area contributed by atoms with E-state index >= 15 is 0 Å². The van der Waals surface area contributed by atoms with E-state index in [0.29, 0.717) is 5.69 Å². The van der Waals surface area contributed by atoms with Crippen molar-refractivity contribution in [1.82, 2.24) is 0 Å². The van der Waals surface area contributed by atoms with Gasteiger partial charge in [-0.05, 0) is 24.5 Å². The summed E-state index contributed by atoms with van der Waals surface area (Å²) in [5, 5.41) is 0. The van der Waals surface area contributed by atoms with Crippen LogP contribution in [0.2, 0.25) is 0 Å². The molecule has 0 fully saturated rings. The van der Waals surface area contributed by atoms with Crippen LogP contribution in [0.25, 0.3) is 0 Å². The number of nitrogens with zero attached hydrogens (tertiary/aromatic N) is 1. The number of carbonyl (C=O) groups excluding carboxylic acids is 1. The lowest BCUT2D eigenvalue weighted by Crippen LogP contribution is -2.62. The van der Waals surface area contributed by atoms with Crippen LogP contribution in [0.5, 0.6) is 0 Å². The molecule has 5 nitrogen and oxygen atoms in total. The van der Waals surface area contributed by atoms with Crippen molar-refractivity contribution < 1.29 is 13.2 Å². The summed E-state index contributed by atoms with van der Waals surface area (Å²) in [4.78, 5) is 11.7. The first-order valence-corrected chi connectivity index (χ1v) is 8.30. The van der Waals surface area contributed by atoms with E-state index in [1.165, 1.54) is 4.90 Å². The van der Waals surface area contributed by atoms with Crippen molar-refractivity contribution in [3.8, 4) is 0 Å². The van der Waals surface area contributed by atoms with Crippen LogP contribution in [0, 0.1) is 5.92 Å². The number of benzene rings is 1. The summed E-state index contributed by atoms with van der Waals surface area (Å²) in [6.45, 7) is 3.73. The Labute approximate surface area is 120 Å². The van der Waals surface area contributed by atoms with Crippen molar-refractivity contribution in [2.45, 2.75) is 25.1 Å². The van der Waals surface area contributed by atoms with Crippen molar-refractivity contribution in [3.63, 3.8) is 0 Å². The van der Waals surface area contributed by atoms with Gasteiger partial charge in [-0.25, -0.2) is 8.42 Å². The van der Waals surface area contributed by atoms with E-state index in [-0.39, 0.29) is 12.3 Å². The van der Waals surface area contributed by atoms with Crippen LogP contribution in [-0.2, 0) is 14.6 Å². The van der Waals surface area contributed by atoms with E-state index in [4.69, 9.17) is 5.73 Å². The third-order valence-corrected chi connectivity index (χ3v) is 5.24. The Morgan fingerprint density at radius 3 is 2.15 bits per heavy atom. The maximum atomic E-state index is 12.3. The van der Waals surface area contributed by atoms with Gasteiger partial charge in [-0.1, -0.05) is 32.0 Å². The number of para-hydroxylation sites is 1. The van der Waals surface area contributed by atoms with E-state index in [9.17, 15) is 13.2 Å². The molecule has 1 amide bonds. The van der Waals surface area contributed by atoms with Crippen LogP contribution in [0.15, 0.2) is 30.3 Å². The highest BCUT2D eigenvalue weighted by molar-refractivity contribution is 7.93. The van der Waals surface area contributed by atoms with Gasteiger partial charge < -0.3 is 10.6 Å². The largest absolute Gasteiger partial charge is 0.367 e. The fourth-order valence-corrected chi connectivity index (χ4v) is 4.00. The number of anilines is 1. The summed E-state index contributed by atoms with van der Waals surface area (Å²) in [6, 6.07) is 8.91. The third kappa shape index (κ3) is 2.95. The summed E-state index contributed by atoms with van der Waals surface area (Å²) in [5.41, 5.74) is 6.12. The Bertz CT molecular complexity index is 569. The van der Waals surface area contributed by atoms with Crippen molar-refractivity contribution in [1.29, 1.82) is 0 Å². The molecule has 1 aromatic carbocycles. The fourth-order valence-electron chi connectivity index (χ4n) is 2.40. The predicted molar refractivity (Wildman–Crippen MR) is 81.1 cm³/mol. The Morgan fingerprint density at radius 1 is 1.30 bits per heavy atom. The lowest BCUT2D eigenvalue weighted by Gasteiger charge is -2.40. The second kappa shape index (κ2) is 5.83. The van der Waals surface area contributed by atoms with E-state index in [1.807, 2.05) is 19.9 Å². The second-order valence-corrected chi connectivity index (χ2v) is 7.63. The Kier molecular flexibility index (Phi) is 4.81. The standard InChI is InChI=1S/C14H22N2O3S/c1-11(2)10-14(13(15)17,20(4,18)19)16(3)12-8-6-5-7-9-12/h5-9,11H,10H2,1-4H3,(H2,15,17)/t14-/m1/s1. The highest BCUT2D eigenvalue weighted by Gasteiger charge is 2.50. The van der Waals surface area contributed by atoms with E-state index in [1.54, 1.807) is 31.3 Å². The number of hydrogen-bond acceptors (Lipinski definition) is 4. The molecule has 0 saturated carbocycles. The molecule has 0 unspecified atom stereocenters. The minimum absolute atomic E-state index is 0.00314. The Morgan fingerprint density at radius 2 is 1.80 bits per heavy atom. The number of likely N-dealkylation sites (N-methyl/N-ethyl adjacent to an activating group) is 1. The lowest BCUT2D eigenvalue weighted by molar-refractivity contribution is -0.120. The number of nitrogens with two attached hydrogens (primary N) is 1. The molecule has 1 rings (SSSR count). The summed E-state index contributed by atoms with van der Waals surface area (Å²) >= 11 is 0. The highest BCUT2D eigenvalue weighted by Crippen LogP contribution is 2.32. The third-order valence-electron chi connectivity index (χ3n) is 3.37. The first kappa shape index (κ1) is 16.5. The Balaban J connectivity index is 3.48. The fraction of sp³-hybridized carbons (Fsp3) is 0.500. The summed E-state index contributed by atoms with van der Waals surface area (Å²) in [5.74, 6) is -0.844. The number of amides is 1. The molecule has 0 saturated heterocycles. The molecule has 0 bridgehead atoms. The number of rotatable bonds is 6. The quantitative estimate of drug-likeness (QED) is 0.860. The molecule has 1 aromatic rings. The first-order chi connectivity index (χ1) is 9.13. The number of primary amides is 1. The molecule has 0 spiro atoms. The van der Waals surface area contributed by atoms with Crippen LogP contribution in [0.1, 0.15) is 20.3 Å². The number of carbonyl (C=O) groups is 1. The summed E-state index contributed by atoms with van der Waals surface area (Å²) in [7, 11) is -2.13. The zero-order chi connectivity index (χ0) is 15.6. The van der Waals surface area contributed by atoms with Gasteiger partial charge in [-0.3, -0.25) is 4.79 Å². The van der Waals surface area contributed by atoms with Gasteiger partial charge in [0.15, 0.2) is 9.84 Å². The normalized spacial score (nSPS) is 14.8. The zero-order valence-electron chi connectivity index (χ0n) is 12.3. The van der Waals surface area contributed by atoms with Gasteiger partial charge in [-0.15, -0.1) is 0 Å². The van der Waals surface area contributed by atoms with Crippen molar-refractivity contribution in [2.24, 2.45) is 11.7 Å². The van der Waals surface area contributed by atoms with Gasteiger partial charge in [0.1, 0.15) is 0 Å². The van der Waals surface area contributed by atoms with E-state index < -0.39 is 20.6 Å². The van der Waals surface area contributed by atoms with Gasteiger partial charge in [0.05, 0.1) is 0 Å². The van der Waals surface area contributed by atoms with Gasteiger partial charge in [0.2, 0.25) is 4.87 Å². The maximum Gasteiger partial charge on any atom is 0.259 e. The molecule has 20 heavy (non-hydrogen) atoms. The molecule has 2 N–H and O–H groups in total. The van der Waals surface area contributed by atoms with Crippen LogP contribution in [0.4, 0.5) is 5.69 Å². The van der Waals surface area contributed by atoms with E-state index in [0.717, 1.165) is 6.26 Å². The molecular weight excluding hydrogens is 276 g/mol. The summed E-state index contributed by atoms with van der Waals surface area (Å²) < 4.78 is 24.6. The average molecular weight is 298 g/mol. The Hall–Kier alpha value is -1.56. The SMILES string of the molecule is CC(C)C[C@@](C(N)=O)(N(C)c1ccccc1)S(C)(=O)=O. The lowest BCUT2D eigenvalue weighted by atomic mass is 10.0. The van der Waals surface area contributed by atoms with Crippen LogP contribution < -0.4 is 10.6 Å². The molecule has 0 radical (unpaired) electrons. The zero-order valence-corrected chi connectivity index (χ0v) is 13.1. The van der Waals surface area contributed by atoms with Crippen LogP contribution >= 0.6 is 0 Å². The van der Waals surface area contributed by atoms with Crippen LogP contribution in [-0.4, -0.2) is 32.5 Å². The number of sulfone groups is 1. The molecule has 112 valence electrons. The molecule has 0 aliphatic rings. The molecule has 1 atom stereocenters. The van der Waals surface area contributed by atoms with Crippen molar-refractivity contribution in [3.05, 3.63) is 30.3 Å². The topological polar surface area (TPSA) is 80.5 Å². The van der Waals surface area contributed by atoms with Crippen molar-refractivity contribution >= 4 is 21.4 Å². The molecule has 0 heterocycles. The van der Waals surface area contributed by atoms with Gasteiger partial charge >= 0.3 is 0 Å². The minimum atomic E-state index is -3.72. The molecule has 0 aliphatic carbocycles. The van der Waals surface area contributed by atoms with Crippen molar-refractivity contribution in [2.75, 3.05) is 18.2 Å². The maximum absolute atomic E-state index is 12.3. The smallest absolute Gasteiger partial charge is 0.259 e. The van der Waals surface area contributed by atoms with Gasteiger partial charge in [0, 0.05) is 19.0 Å². The van der Waals surface area contributed by atoms with E-state index in [2.05, 4.69) is 0 Å².